The van der Waals surface area contributed by atoms with E-state index in [1.54, 1.807) is 13.0 Å². The first-order chi connectivity index (χ1) is 12.6. The minimum absolute atomic E-state index is 0.0606. The Hall–Kier alpha value is -2.97. The van der Waals surface area contributed by atoms with Crippen molar-refractivity contribution in [2.45, 2.75) is 33.0 Å². The lowest BCUT2D eigenvalue weighted by Crippen LogP contribution is -2.24. The first kappa shape index (κ1) is 20.3. The summed E-state index contributed by atoms with van der Waals surface area (Å²) in [6, 6.07) is 5.92. The van der Waals surface area contributed by atoms with Crippen molar-refractivity contribution in [2.75, 3.05) is 6.61 Å². The number of aromatic nitrogens is 2. The summed E-state index contributed by atoms with van der Waals surface area (Å²) < 4.78 is 41.1. The Bertz CT molecular complexity index is 838. The van der Waals surface area contributed by atoms with Gasteiger partial charge in [0.1, 0.15) is 5.78 Å². The zero-order valence-corrected chi connectivity index (χ0v) is 14.8. The van der Waals surface area contributed by atoms with Gasteiger partial charge in [0, 0.05) is 42.2 Å². The van der Waals surface area contributed by atoms with Crippen molar-refractivity contribution in [3.05, 3.63) is 53.0 Å². The van der Waals surface area contributed by atoms with Gasteiger partial charge in [-0.25, -0.2) is 4.98 Å². The lowest BCUT2D eigenvalue weighted by Gasteiger charge is -2.11. The highest BCUT2D eigenvalue weighted by Gasteiger charge is 2.28. The Morgan fingerprint density at radius 2 is 1.96 bits per heavy atom. The molecule has 27 heavy (non-hydrogen) atoms. The summed E-state index contributed by atoms with van der Waals surface area (Å²) in [6.45, 7) is 1.77. The number of hydrogen-bond acceptors (Lipinski definition) is 5. The molecule has 9 heteroatoms. The second kappa shape index (κ2) is 8.61. The van der Waals surface area contributed by atoms with Gasteiger partial charge in [0.05, 0.1) is 0 Å². The van der Waals surface area contributed by atoms with Gasteiger partial charge in [-0.15, -0.1) is 0 Å². The molecule has 0 saturated heterocycles. The molecule has 2 aromatic heterocycles. The van der Waals surface area contributed by atoms with E-state index in [-0.39, 0.29) is 30.5 Å². The lowest BCUT2D eigenvalue weighted by atomic mass is 10.1. The van der Waals surface area contributed by atoms with E-state index >= 15 is 0 Å². The molecule has 0 bridgehead atoms. The molecule has 0 saturated carbocycles. The molecule has 2 rings (SSSR count). The highest BCUT2D eigenvalue weighted by molar-refractivity contribution is 5.94. The van der Waals surface area contributed by atoms with Crippen LogP contribution in [0.25, 0.3) is 0 Å². The third-order valence-corrected chi connectivity index (χ3v) is 3.50. The first-order valence-electron chi connectivity index (χ1n) is 8.02. The average molecular weight is 381 g/mol. The van der Waals surface area contributed by atoms with Gasteiger partial charge in [0.25, 0.3) is 5.91 Å². The minimum Gasteiger partial charge on any atom is -0.468 e. The van der Waals surface area contributed by atoms with Gasteiger partial charge in [-0.1, -0.05) is 6.07 Å². The van der Waals surface area contributed by atoms with Crippen LogP contribution < -0.4 is 10.1 Å². The number of nitrogens with one attached hydrogen (secondary N) is 1. The van der Waals surface area contributed by atoms with Crippen LogP contribution in [0.15, 0.2) is 30.5 Å². The predicted octanol–water partition coefficient (Wildman–Crippen LogP) is 2.79. The summed E-state index contributed by atoms with van der Waals surface area (Å²) in [5.74, 6) is -0.559. The maximum Gasteiger partial charge on any atom is 0.422 e. The van der Waals surface area contributed by atoms with Crippen LogP contribution in [0.5, 0.6) is 5.88 Å². The van der Waals surface area contributed by atoms with Gasteiger partial charge >= 0.3 is 6.18 Å². The molecular formula is C18H18F3N3O3. The summed E-state index contributed by atoms with van der Waals surface area (Å²) in [4.78, 5) is 31.4. The molecule has 0 aliphatic heterocycles. The SMILES string of the molecule is CC(=O)Cc1cc(C(=O)NCc2ccc(OCC(F)(F)F)nc2C)ccn1. The Morgan fingerprint density at radius 1 is 1.22 bits per heavy atom. The number of alkyl halides is 3. The molecule has 2 heterocycles. The summed E-state index contributed by atoms with van der Waals surface area (Å²) >= 11 is 0. The van der Waals surface area contributed by atoms with Crippen LogP contribution >= 0.6 is 0 Å². The molecule has 6 nitrogen and oxygen atoms in total. The Labute approximate surface area is 153 Å². The second-order valence-corrected chi connectivity index (χ2v) is 5.90. The average Bonchev–Trinajstić information content (AvgIpc) is 2.58. The van der Waals surface area contributed by atoms with E-state index in [1.807, 2.05) is 0 Å². The number of amides is 1. The molecule has 0 aliphatic carbocycles. The van der Waals surface area contributed by atoms with Gasteiger partial charge in [0.15, 0.2) is 6.61 Å². The third kappa shape index (κ3) is 6.69. The van der Waals surface area contributed by atoms with E-state index in [9.17, 15) is 22.8 Å². The van der Waals surface area contributed by atoms with Gasteiger partial charge in [-0.3, -0.25) is 14.6 Å². The standard InChI is InChI=1S/C18H18F3N3O3/c1-11(25)7-15-8-13(5-6-22-15)17(26)23-9-14-3-4-16(24-12(14)2)27-10-18(19,20)21/h3-6,8H,7,9-10H2,1-2H3,(H,23,26). The molecule has 0 atom stereocenters. The molecule has 2 aromatic rings. The van der Waals surface area contributed by atoms with E-state index < -0.39 is 12.8 Å². The first-order valence-corrected chi connectivity index (χ1v) is 8.02. The highest BCUT2D eigenvalue weighted by atomic mass is 19.4. The Morgan fingerprint density at radius 3 is 2.59 bits per heavy atom. The Kier molecular flexibility index (Phi) is 6.49. The number of halogens is 3. The number of nitrogens with zero attached hydrogens (tertiary/aromatic N) is 2. The van der Waals surface area contributed by atoms with Crippen LogP contribution in [0.4, 0.5) is 13.2 Å². The molecule has 144 valence electrons. The monoisotopic (exact) mass is 381 g/mol. The maximum absolute atomic E-state index is 12.3. The molecule has 0 spiro atoms. The maximum atomic E-state index is 12.3. The van der Waals surface area contributed by atoms with Crippen LogP contribution in [-0.4, -0.2) is 34.4 Å². The summed E-state index contributed by atoms with van der Waals surface area (Å²) in [7, 11) is 0. The van der Waals surface area contributed by atoms with Crippen LogP contribution in [0.2, 0.25) is 0 Å². The van der Waals surface area contributed by atoms with Crippen molar-refractivity contribution in [1.29, 1.82) is 0 Å². The zero-order chi connectivity index (χ0) is 20.0. The highest BCUT2D eigenvalue weighted by Crippen LogP contribution is 2.18. The topological polar surface area (TPSA) is 81.2 Å². The number of ketones is 1. The van der Waals surface area contributed by atoms with Crippen molar-refractivity contribution in [2.24, 2.45) is 0 Å². The van der Waals surface area contributed by atoms with Crippen molar-refractivity contribution in [3.63, 3.8) is 0 Å². The number of ether oxygens (including phenoxy) is 1. The number of carbonyl (C=O) groups excluding carboxylic acids is 2. The smallest absolute Gasteiger partial charge is 0.422 e. The molecule has 1 amide bonds. The molecule has 0 aliphatic rings. The Balaban J connectivity index is 1.98. The quantitative estimate of drug-likeness (QED) is 0.798. The number of carbonyl (C=O) groups is 2. The van der Waals surface area contributed by atoms with E-state index in [1.165, 1.54) is 31.3 Å². The van der Waals surface area contributed by atoms with Crippen molar-refractivity contribution >= 4 is 11.7 Å². The predicted molar refractivity (Wildman–Crippen MR) is 90.3 cm³/mol. The fraction of sp³-hybridized carbons (Fsp3) is 0.333. The number of rotatable bonds is 7. The molecular weight excluding hydrogens is 363 g/mol. The van der Waals surface area contributed by atoms with Crippen molar-refractivity contribution in [3.8, 4) is 5.88 Å². The normalized spacial score (nSPS) is 11.1. The van der Waals surface area contributed by atoms with Crippen LogP contribution in [0.1, 0.15) is 34.2 Å². The fourth-order valence-corrected chi connectivity index (χ4v) is 2.24. The van der Waals surface area contributed by atoms with Crippen molar-refractivity contribution < 1.29 is 27.5 Å². The summed E-state index contributed by atoms with van der Waals surface area (Å²) in [5.41, 5.74) is 1.94. The third-order valence-electron chi connectivity index (χ3n) is 3.50. The van der Waals surface area contributed by atoms with E-state index in [4.69, 9.17) is 0 Å². The van der Waals surface area contributed by atoms with Crippen LogP contribution in [-0.2, 0) is 17.8 Å². The molecule has 0 fully saturated rings. The molecule has 1 N–H and O–H groups in total. The van der Waals surface area contributed by atoms with E-state index in [0.29, 0.717) is 22.5 Å². The van der Waals surface area contributed by atoms with Gasteiger partial charge in [0.2, 0.25) is 5.88 Å². The lowest BCUT2D eigenvalue weighted by molar-refractivity contribution is -0.154. The number of pyridine rings is 2. The second-order valence-electron chi connectivity index (χ2n) is 5.90. The van der Waals surface area contributed by atoms with Gasteiger partial charge < -0.3 is 10.1 Å². The summed E-state index contributed by atoms with van der Waals surface area (Å²) in [5, 5.41) is 2.70. The van der Waals surface area contributed by atoms with Crippen LogP contribution in [0, 0.1) is 6.92 Å². The fourth-order valence-electron chi connectivity index (χ4n) is 2.24. The van der Waals surface area contributed by atoms with Gasteiger partial charge in [-0.2, -0.15) is 13.2 Å². The summed E-state index contributed by atoms with van der Waals surface area (Å²) in [6.07, 6.45) is -2.84. The zero-order valence-electron chi connectivity index (χ0n) is 14.8. The minimum atomic E-state index is -4.44. The number of aryl methyl sites for hydroxylation is 1. The van der Waals surface area contributed by atoms with E-state index in [2.05, 4.69) is 20.0 Å². The van der Waals surface area contributed by atoms with Crippen LogP contribution in [0.3, 0.4) is 0 Å². The number of hydrogen-bond donors (Lipinski definition) is 1. The molecule has 0 unspecified atom stereocenters. The molecule has 0 radical (unpaired) electrons. The van der Waals surface area contributed by atoms with E-state index in [0.717, 1.165) is 0 Å². The van der Waals surface area contributed by atoms with Crippen molar-refractivity contribution in [1.82, 2.24) is 15.3 Å². The molecule has 0 aromatic carbocycles. The largest absolute Gasteiger partial charge is 0.468 e. The number of Topliss-reactive ketones (excluding diaryl/α,β-unsaturated/α-hetero) is 1. The van der Waals surface area contributed by atoms with Gasteiger partial charge in [-0.05, 0) is 31.5 Å².